The van der Waals surface area contributed by atoms with Gasteiger partial charge in [-0.1, -0.05) is 30.4 Å². The maximum atomic E-state index is 13.1. The average molecular weight is 420 g/mol. The summed E-state index contributed by atoms with van der Waals surface area (Å²) in [4.78, 5) is 51.2. The third kappa shape index (κ3) is 3.92. The second kappa shape index (κ2) is 8.83. The lowest BCUT2D eigenvalue weighted by atomic mass is 10.1. The van der Waals surface area contributed by atoms with Crippen LogP contribution in [0.25, 0.3) is 5.69 Å². The lowest BCUT2D eigenvalue weighted by Gasteiger charge is -2.12. The van der Waals surface area contributed by atoms with Gasteiger partial charge in [0.1, 0.15) is 0 Å². The van der Waals surface area contributed by atoms with E-state index < -0.39 is 29.4 Å². The number of allylic oxidation sites excluding steroid dienone is 2. The van der Waals surface area contributed by atoms with E-state index in [1.807, 2.05) is 48.7 Å². The van der Waals surface area contributed by atoms with Crippen molar-refractivity contribution in [3.63, 3.8) is 0 Å². The zero-order valence-electron chi connectivity index (χ0n) is 17.6. The minimum absolute atomic E-state index is 0.0776. The molecule has 8 heteroatoms. The van der Waals surface area contributed by atoms with Crippen molar-refractivity contribution in [3.05, 3.63) is 110 Å². The number of hydrogen-bond donors (Lipinski definition) is 0. The number of aromatic nitrogens is 4. The van der Waals surface area contributed by atoms with Gasteiger partial charge < -0.3 is 4.57 Å². The number of benzene rings is 1. The first kappa shape index (κ1) is 21.8. The normalized spacial score (nSPS) is 10.8. The highest BCUT2D eigenvalue weighted by atomic mass is 16.2. The summed E-state index contributed by atoms with van der Waals surface area (Å²) in [6.45, 7) is 10.1. The number of hydrogen-bond acceptors (Lipinski definition) is 4. The van der Waals surface area contributed by atoms with Crippen LogP contribution in [0.3, 0.4) is 0 Å². The molecule has 0 saturated carbocycles. The summed E-state index contributed by atoms with van der Waals surface area (Å²) >= 11 is 0. The Hall–Kier alpha value is -3.94. The van der Waals surface area contributed by atoms with Gasteiger partial charge in [-0.15, -0.1) is 13.2 Å². The maximum Gasteiger partial charge on any atom is 0.337 e. The summed E-state index contributed by atoms with van der Waals surface area (Å²) in [6.07, 6.45) is 2.76. The van der Waals surface area contributed by atoms with Crippen molar-refractivity contribution in [3.8, 4) is 5.69 Å². The van der Waals surface area contributed by atoms with E-state index in [0.29, 0.717) is 11.3 Å². The number of nitrogens with zero attached hydrogens (tertiary/aromatic N) is 4. The Balaban J connectivity index is 2.10. The summed E-state index contributed by atoms with van der Waals surface area (Å²) in [6, 6.07) is 11.3. The third-order valence-corrected chi connectivity index (χ3v) is 5.06. The number of ketones is 1. The average Bonchev–Trinajstić information content (AvgIpc) is 3.06. The van der Waals surface area contributed by atoms with E-state index in [-0.39, 0.29) is 13.1 Å². The van der Waals surface area contributed by atoms with E-state index in [9.17, 15) is 19.2 Å². The van der Waals surface area contributed by atoms with Crippen LogP contribution in [0.4, 0.5) is 0 Å². The van der Waals surface area contributed by atoms with E-state index in [1.165, 1.54) is 12.2 Å². The minimum Gasteiger partial charge on any atom is -0.318 e. The largest absolute Gasteiger partial charge is 0.337 e. The van der Waals surface area contributed by atoms with Gasteiger partial charge >= 0.3 is 17.1 Å². The molecule has 2 aromatic heterocycles. The molecule has 1 aromatic carbocycles. The Morgan fingerprint density at radius 1 is 0.871 bits per heavy atom. The predicted molar refractivity (Wildman–Crippen MR) is 119 cm³/mol. The van der Waals surface area contributed by atoms with Gasteiger partial charge in [0.25, 0.3) is 0 Å². The highest BCUT2D eigenvalue weighted by molar-refractivity contribution is 5.97. The highest BCUT2D eigenvalue weighted by Gasteiger charge is 2.21. The van der Waals surface area contributed by atoms with Gasteiger partial charge in [-0.25, -0.2) is 28.1 Å². The van der Waals surface area contributed by atoms with Gasteiger partial charge in [-0.05, 0) is 32.0 Å². The molecule has 0 aliphatic carbocycles. The molecule has 0 N–H and O–H groups in total. The second-order valence-electron chi connectivity index (χ2n) is 7.11. The predicted octanol–water partition coefficient (Wildman–Crippen LogP) is 1.83. The van der Waals surface area contributed by atoms with E-state index >= 15 is 0 Å². The van der Waals surface area contributed by atoms with Crippen LogP contribution in [0.2, 0.25) is 0 Å². The van der Waals surface area contributed by atoms with E-state index in [1.54, 1.807) is 6.07 Å². The number of rotatable bonds is 8. The topological polar surface area (TPSA) is 88.0 Å². The Bertz CT molecular complexity index is 1290. The van der Waals surface area contributed by atoms with Gasteiger partial charge in [0.2, 0.25) is 0 Å². The molecule has 0 spiro atoms. The van der Waals surface area contributed by atoms with Crippen LogP contribution in [0.1, 0.15) is 21.7 Å². The van der Waals surface area contributed by atoms with Crippen molar-refractivity contribution in [2.24, 2.45) is 0 Å². The summed E-state index contributed by atoms with van der Waals surface area (Å²) in [5.74, 6) is -0.400. The molecule has 0 aliphatic heterocycles. The number of para-hydroxylation sites is 1. The second-order valence-corrected chi connectivity index (χ2v) is 7.11. The van der Waals surface area contributed by atoms with E-state index in [2.05, 4.69) is 13.2 Å². The molecule has 0 aliphatic rings. The van der Waals surface area contributed by atoms with Crippen LogP contribution < -0.4 is 17.1 Å². The molecule has 31 heavy (non-hydrogen) atoms. The molecule has 3 aromatic rings. The van der Waals surface area contributed by atoms with Crippen LogP contribution in [0.5, 0.6) is 0 Å². The summed E-state index contributed by atoms with van der Waals surface area (Å²) < 4.78 is 4.47. The van der Waals surface area contributed by atoms with Gasteiger partial charge in [0, 0.05) is 22.6 Å². The number of aryl methyl sites for hydroxylation is 1. The summed E-state index contributed by atoms with van der Waals surface area (Å²) in [5.41, 5.74) is 0.403. The Morgan fingerprint density at radius 3 is 1.90 bits per heavy atom. The molecule has 0 amide bonds. The highest BCUT2D eigenvalue weighted by Crippen LogP contribution is 2.21. The quantitative estimate of drug-likeness (QED) is 0.411. The molecule has 0 bridgehead atoms. The van der Waals surface area contributed by atoms with Crippen LogP contribution in [-0.2, 0) is 19.6 Å². The molecule has 2 heterocycles. The zero-order chi connectivity index (χ0) is 22.7. The first-order valence-corrected chi connectivity index (χ1v) is 9.75. The lowest BCUT2D eigenvalue weighted by molar-refractivity contribution is 0.0966. The van der Waals surface area contributed by atoms with Crippen molar-refractivity contribution in [1.82, 2.24) is 18.3 Å². The first-order valence-electron chi connectivity index (χ1n) is 9.75. The van der Waals surface area contributed by atoms with Crippen molar-refractivity contribution in [2.45, 2.75) is 33.5 Å². The molecule has 0 fully saturated rings. The van der Waals surface area contributed by atoms with Crippen LogP contribution in [0, 0.1) is 13.8 Å². The van der Waals surface area contributed by atoms with Crippen LogP contribution in [0.15, 0.2) is 76.1 Å². The SMILES string of the molecule is C=CCn1c(=O)n(CC=C)c(=O)n(CC(=O)c2cc(C)n(-c3ccccc3)c2C)c1=O. The molecule has 3 rings (SSSR count). The smallest absolute Gasteiger partial charge is 0.318 e. The fraction of sp³-hybridized carbons (Fsp3) is 0.217. The number of carbonyl (C=O) groups is 1. The molecule has 0 saturated heterocycles. The molecule has 0 radical (unpaired) electrons. The lowest BCUT2D eigenvalue weighted by Crippen LogP contribution is -2.55. The summed E-state index contributed by atoms with van der Waals surface area (Å²) in [7, 11) is 0. The van der Waals surface area contributed by atoms with Crippen molar-refractivity contribution >= 4 is 5.78 Å². The number of Topliss-reactive ketones (excluding diaryl/α,β-unsaturated/α-hetero) is 1. The molecule has 8 nitrogen and oxygen atoms in total. The van der Waals surface area contributed by atoms with Gasteiger partial charge in [-0.3, -0.25) is 4.79 Å². The molecule has 0 unspecified atom stereocenters. The Morgan fingerprint density at radius 2 is 1.39 bits per heavy atom. The Kier molecular flexibility index (Phi) is 6.20. The van der Waals surface area contributed by atoms with E-state index in [4.69, 9.17) is 0 Å². The third-order valence-electron chi connectivity index (χ3n) is 5.06. The molecule has 0 atom stereocenters. The van der Waals surface area contributed by atoms with Crippen molar-refractivity contribution in [1.29, 1.82) is 0 Å². The zero-order valence-corrected chi connectivity index (χ0v) is 17.6. The first-order chi connectivity index (χ1) is 14.8. The van der Waals surface area contributed by atoms with E-state index in [0.717, 1.165) is 25.1 Å². The fourth-order valence-electron chi connectivity index (χ4n) is 3.64. The maximum absolute atomic E-state index is 13.1. The molecule has 160 valence electrons. The van der Waals surface area contributed by atoms with Crippen molar-refractivity contribution in [2.75, 3.05) is 0 Å². The number of carbonyl (C=O) groups excluding carboxylic acids is 1. The van der Waals surface area contributed by atoms with Gasteiger partial charge in [-0.2, -0.15) is 0 Å². The molecular weight excluding hydrogens is 396 g/mol. The standard InChI is InChI=1S/C23H24N4O4/c1-5-12-24-21(29)25(13-6-2)23(31)26(22(24)30)15-20(28)19-14-16(3)27(17(19)4)18-10-8-7-9-11-18/h5-11,14H,1-2,12-13,15H2,3-4H3. The minimum atomic E-state index is -0.847. The van der Waals surface area contributed by atoms with Crippen molar-refractivity contribution < 1.29 is 4.79 Å². The Labute approximate surface area is 178 Å². The molecular formula is C23H24N4O4. The van der Waals surface area contributed by atoms with Crippen LogP contribution >= 0.6 is 0 Å². The fourth-order valence-corrected chi connectivity index (χ4v) is 3.64. The summed E-state index contributed by atoms with van der Waals surface area (Å²) in [5, 5.41) is 0. The van der Waals surface area contributed by atoms with Gasteiger partial charge in [0.05, 0.1) is 19.6 Å². The monoisotopic (exact) mass is 420 g/mol. The van der Waals surface area contributed by atoms with Crippen LogP contribution in [-0.4, -0.2) is 24.1 Å². The van der Waals surface area contributed by atoms with Gasteiger partial charge in [0.15, 0.2) is 5.78 Å².